The minimum atomic E-state index is -4.40. The quantitative estimate of drug-likeness (QED) is 0.907. The van der Waals surface area contributed by atoms with Crippen LogP contribution in [-0.4, -0.2) is 42.0 Å². The van der Waals surface area contributed by atoms with E-state index in [1.807, 2.05) is 11.8 Å². The highest BCUT2D eigenvalue weighted by Crippen LogP contribution is 2.33. The van der Waals surface area contributed by atoms with Crippen LogP contribution in [0.5, 0.6) is 0 Å². The zero-order valence-corrected chi connectivity index (χ0v) is 13.0. The summed E-state index contributed by atoms with van der Waals surface area (Å²) in [6.45, 7) is 4.71. The Balaban J connectivity index is 1.59. The number of nitrogens with one attached hydrogen (secondary N) is 1. The number of carbonyl (C=O) groups is 1. The molecule has 0 bridgehead atoms. The minimum Gasteiger partial charge on any atom is -0.342 e. The van der Waals surface area contributed by atoms with Gasteiger partial charge in [0.1, 0.15) is 5.69 Å². The molecule has 7 heteroatoms. The van der Waals surface area contributed by atoms with Gasteiger partial charge in [0.05, 0.1) is 5.41 Å². The lowest BCUT2D eigenvalue weighted by molar-refractivity contribution is -0.145. The summed E-state index contributed by atoms with van der Waals surface area (Å²) in [7, 11) is 0. The van der Waals surface area contributed by atoms with Crippen LogP contribution < -0.4 is 5.32 Å². The third-order valence-electron chi connectivity index (χ3n) is 4.88. The van der Waals surface area contributed by atoms with Gasteiger partial charge in [0, 0.05) is 32.4 Å². The van der Waals surface area contributed by atoms with Gasteiger partial charge in [-0.05, 0) is 37.3 Å². The first kappa shape index (κ1) is 16.2. The lowest BCUT2D eigenvalue weighted by Crippen LogP contribution is -2.61. The number of carbonyl (C=O) groups excluding carboxylic acids is 1. The van der Waals surface area contributed by atoms with E-state index in [0.717, 1.165) is 24.5 Å². The molecule has 0 spiro atoms. The largest absolute Gasteiger partial charge is 0.433 e. The number of hydrogen-bond acceptors (Lipinski definition) is 3. The molecule has 23 heavy (non-hydrogen) atoms. The number of rotatable bonds is 2. The van der Waals surface area contributed by atoms with Crippen molar-refractivity contribution in [3.63, 3.8) is 0 Å². The molecule has 1 aromatic rings. The summed E-state index contributed by atoms with van der Waals surface area (Å²) in [5.74, 6) is 0.349. The van der Waals surface area contributed by atoms with E-state index in [-0.39, 0.29) is 17.2 Å². The Morgan fingerprint density at radius 1 is 1.30 bits per heavy atom. The molecular formula is C16H20F3N3O. The molecule has 126 valence electrons. The Bertz CT molecular complexity index is 573. The van der Waals surface area contributed by atoms with E-state index in [2.05, 4.69) is 10.3 Å². The zero-order valence-electron chi connectivity index (χ0n) is 13.0. The molecule has 3 rings (SSSR count). The number of amides is 1. The third kappa shape index (κ3) is 3.20. The fraction of sp³-hybridized carbons (Fsp3) is 0.625. The van der Waals surface area contributed by atoms with Crippen molar-refractivity contribution in [2.75, 3.05) is 26.2 Å². The van der Waals surface area contributed by atoms with Crippen LogP contribution in [-0.2, 0) is 11.0 Å². The van der Waals surface area contributed by atoms with Gasteiger partial charge in [0.25, 0.3) is 0 Å². The van der Waals surface area contributed by atoms with Crippen LogP contribution in [0, 0.1) is 5.41 Å². The molecule has 2 fully saturated rings. The molecular weight excluding hydrogens is 307 g/mol. The van der Waals surface area contributed by atoms with Gasteiger partial charge in [-0.2, -0.15) is 13.2 Å². The summed E-state index contributed by atoms with van der Waals surface area (Å²) >= 11 is 0. The van der Waals surface area contributed by atoms with Crippen LogP contribution in [0.2, 0.25) is 0 Å². The lowest BCUT2D eigenvalue weighted by Gasteiger charge is -2.43. The maximum absolute atomic E-state index is 12.5. The first-order valence-electron chi connectivity index (χ1n) is 7.83. The fourth-order valence-corrected chi connectivity index (χ4v) is 3.26. The monoisotopic (exact) mass is 327 g/mol. The van der Waals surface area contributed by atoms with Gasteiger partial charge in [-0.1, -0.05) is 6.07 Å². The summed E-state index contributed by atoms with van der Waals surface area (Å²) in [6.07, 6.45) is -1.55. The van der Waals surface area contributed by atoms with E-state index in [1.165, 1.54) is 12.3 Å². The molecule has 0 radical (unpaired) electrons. The van der Waals surface area contributed by atoms with Gasteiger partial charge in [-0.25, -0.2) is 0 Å². The molecule has 1 aromatic heterocycles. The average molecular weight is 327 g/mol. The summed E-state index contributed by atoms with van der Waals surface area (Å²) in [6, 6.07) is 2.54. The maximum atomic E-state index is 12.5. The third-order valence-corrected chi connectivity index (χ3v) is 4.88. The number of hydrogen-bond donors (Lipinski definition) is 1. The van der Waals surface area contributed by atoms with Crippen molar-refractivity contribution in [3.8, 4) is 0 Å². The van der Waals surface area contributed by atoms with Crippen molar-refractivity contribution in [1.29, 1.82) is 0 Å². The van der Waals surface area contributed by atoms with Gasteiger partial charge >= 0.3 is 6.18 Å². The minimum absolute atomic E-state index is 0.168. The summed E-state index contributed by atoms with van der Waals surface area (Å²) in [5, 5.41) is 3.13. The van der Waals surface area contributed by atoms with Gasteiger partial charge in [-0.3, -0.25) is 9.78 Å². The number of piperidine rings is 1. The number of halogens is 3. The average Bonchev–Trinajstić information content (AvgIpc) is 2.51. The fourth-order valence-electron chi connectivity index (χ4n) is 3.26. The first-order valence-corrected chi connectivity index (χ1v) is 7.83. The van der Waals surface area contributed by atoms with Crippen molar-refractivity contribution in [2.45, 2.75) is 31.9 Å². The highest BCUT2D eigenvalue weighted by atomic mass is 19.4. The van der Waals surface area contributed by atoms with Crippen molar-refractivity contribution < 1.29 is 18.0 Å². The van der Waals surface area contributed by atoms with E-state index in [4.69, 9.17) is 0 Å². The van der Waals surface area contributed by atoms with Gasteiger partial charge in [0.2, 0.25) is 5.91 Å². The van der Waals surface area contributed by atoms with Crippen LogP contribution in [0.15, 0.2) is 18.3 Å². The SMILES string of the molecule is CC1(C(=O)N2CCC(c3ccc(C(F)(F)F)nc3)CC2)CNC1. The Morgan fingerprint density at radius 3 is 2.39 bits per heavy atom. The number of pyridine rings is 1. The Labute approximate surface area is 133 Å². The smallest absolute Gasteiger partial charge is 0.342 e. The summed E-state index contributed by atoms with van der Waals surface area (Å²) in [4.78, 5) is 17.9. The first-order chi connectivity index (χ1) is 10.8. The molecule has 1 amide bonds. The predicted molar refractivity (Wildman–Crippen MR) is 78.8 cm³/mol. The highest BCUT2D eigenvalue weighted by molar-refractivity contribution is 5.84. The molecule has 2 aliphatic heterocycles. The molecule has 0 aromatic carbocycles. The van der Waals surface area contributed by atoms with Gasteiger partial charge in [0.15, 0.2) is 0 Å². The molecule has 0 atom stereocenters. The second-order valence-electron chi connectivity index (χ2n) is 6.71. The number of aromatic nitrogens is 1. The van der Waals surface area contributed by atoms with E-state index in [0.29, 0.717) is 26.2 Å². The van der Waals surface area contributed by atoms with Crippen LogP contribution in [0.4, 0.5) is 13.2 Å². The normalized spacial score (nSPS) is 21.8. The van der Waals surface area contributed by atoms with Crippen molar-refractivity contribution >= 4 is 5.91 Å². The molecule has 4 nitrogen and oxygen atoms in total. The molecule has 2 saturated heterocycles. The zero-order chi connectivity index (χ0) is 16.7. The van der Waals surface area contributed by atoms with Crippen molar-refractivity contribution in [3.05, 3.63) is 29.6 Å². The van der Waals surface area contributed by atoms with Crippen LogP contribution in [0.25, 0.3) is 0 Å². The Hall–Kier alpha value is -1.63. The highest BCUT2D eigenvalue weighted by Gasteiger charge is 2.42. The maximum Gasteiger partial charge on any atom is 0.433 e. The molecule has 2 aliphatic rings. The van der Waals surface area contributed by atoms with Crippen molar-refractivity contribution in [1.82, 2.24) is 15.2 Å². The Morgan fingerprint density at radius 2 is 1.96 bits per heavy atom. The van der Waals surface area contributed by atoms with E-state index in [1.54, 1.807) is 0 Å². The summed E-state index contributed by atoms with van der Waals surface area (Å²) < 4.78 is 37.6. The van der Waals surface area contributed by atoms with Crippen LogP contribution >= 0.6 is 0 Å². The second kappa shape index (κ2) is 5.78. The van der Waals surface area contributed by atoms with Gasteiger partial charge < -0.3 is 10.2 Å². The Kier molecular flexibility index (Phi) is 4.08. The molecule has 0 aliphatic carbocycles. The van der Waals surface area contributed by atoms with Crippen molar-refractivity contribution in [2.24, 2.45) is 5.41 Å². The number of nitrogens with zero attached hydrogens (tertiary/aromatic N) is 2. The number of likely N-dealkylation sites (tertiary alicyclic amines) is 1. The standard InChI is InChI=1S/C16H20F3N3O/c1-15(9-20-10-15)14(23)22-6-4-11(5-7-22)12-2-3-13(21-8-12)16(17,18)19/h2-3,8,11,20H,4-7,9-10H2,1H3. The van der Waals surface area contributed by atoms with Gasteiger partial charge in [-0.15, -0.1) is 0 Å². The van der Waals surface area contributed by atoms with Crippen LogP contribution in [0.1, 0.15) is 36.9 Å². The second-order valence-corrected chi connectivity index (χ2v) is 6.71. The molecule has 0 unspecified atom stereocenters. The topological polar surface area (TPSA) is 45.2 Å². The van der Waals surface area contributed by atoms with E-state index in [9.17, 15) is 18.0 Å². The lowest BCUT2D eigenvalue weighted by atomic mass is 9.81. The molecule has 1 N–H and O–H groups in total. The summed E-state index contributed by atoms with van der Waals surface area (Å²) in [5.41, 5.74) is -0.330. The number of alkyl halides is 3. The predicted octanol–water partition coefficient (Wildman–Crippen LogP) is 2.42. The van der Waals surface area contributed by atoms with E-state index >= 15 is 0 Å². The molecule has 0 saturated carbocycles. The molecule has 3 heterocycles. The van der Waals surface area contributed by atoms with Crippen LogP contribution in [0.3, 0.4) is 0 Å². The van der Waals surface area contributed by atoms with E-state index < -0.39 is 11.9 Å².